The molecule has 2 N–H and O–H groups in total. The number of hydrogen-bond acceptors (Lipinski definition) is 5. The first-order valence-corrected chi connectivity index (χ1v) is 7.76. The molecule has 0 fully saturated rings. The first-order valence-electron chi connectivity index (χ1n) is 6.28. The zero-order valence-electron chi connectivity index (χ0n) is 11.8. The first-order chi connectivity index (χ1) is 9.51. The summed E-state index contributed by atoms with van der Waals surface area (Å²) < 4.78 is 36.5. The van der Waals surface area contributed by atoms with Crippen molar-refractivity contribution >= 4 is 10.0 Å². The Bertz CT molecular complexity index is 515. The number of hydrogen-bond donors (Lipinski definition) is 2. The number of ether oxygens (including phenoxy) is 2. The Morgan fingerprint density at radius 3 is 2.65 bits per heavy atom. The van der Waals surface area contributed by atoms with Crippen molar-refractivity contribution in [3.63, 3.8) is 0 Å². The maximum atomic E-state index is 12.0. The molecule has 1 rings (SSSR count). The number of nitrogens with one attached hydrogen (secondary N) is 1. The van der Waals surface area contributed by atoms with E-state index in [0.717, 1.165) is 5.56 Å². The van der Waals surface area contributed by atoms with E-state index < -0.39 is 10.0 Å². The molecule has 6 nitrogen and oxygen atoms in total. The predicted octanol–water partition coefficient (Wildman–Crippen LogP) is 0.429. The molecule has 7 heteroatoms. The number of aliphatic hydroxyl groups is 1. The van der Waals surface area contributed by atoms with E-state index in [1.165, 1.54) is 12.1 Å². The van der Waals surface area contributed by atoms with Gasteiger partial charge < -0.3 is 14.6 Å². The van der Waals surface area contributed by atoms with Gasteiger partial charge in [-0.3, -0.25) is 0 Å². The minimum atomic E-state index is -3.57. The van der Waals surface area contributed by atoms with E-state index in [2.05, 4.69) is 4.72 Å². The van der Waals surface area contributed by atoms with E-state index in [1.54, 1.807) is 13.2 Å². The van der Waals surface area contributed by atoms with Gasteiger partial charge in [0, 0.05) is 13.7 Å². The van der Waals surface area contributed by atoms with E-state index >= 15 is 0 Å². The predicted molar refractivity (Wildman–Crippen MR) is 75.0 cm³/mol. The Morgan fingerprint density at radius 2 is 2.00 bits per heavy atom. The number of rotatable bonds is 9. The van der Waals surface area contributed by atoms with Crippen LogP contribution in [-0.4, -0.2) is 47.0 Å². The minimum Gasteiger partial charge on any atom is -0.392 e. The summed E-state index contributed by atoms with van der Waals surface area (Å²) in [5, 5.41) is 9.16. The van der Waals surface area contributed by atoms with Crippen LogP contribution in [0.2, 0.25) is 0 Å². The molecule has 1 aromatic carbocycles. The van der Waals surface area contributed by atoms with Crippen LogP contribution in [0, 0.1) is 6.92 Å². The summed E-state index contributed by atoms with van der Waals surface area (Å²) in [6.07, 6.45) is 0. The van der Waals surface area contributed by atoms with Crippen LogP contribution in [0.3, 0.4) is 0 Å². The van der Waals surface area contributed by atoms with Gasteiger partial charge in [-0.1, -0.05) is 6.07 Å². The van der Waals surface area contributed by atoms with Crippen molar-refractivity contribution in [3.8, 4) is 0 Å². The van der Waals surface area contributed by atoms with Gasteiger partial charge in [0.25, 0.3) is 0 Å². The molecule has 0 bridgehead atoms. The summed E-state index contributed by atoms with van der Waals surface area (Å²) >= 11 is 0. The zero-order valence-corrected chi connectivity index (χ0v) is 12.6. The van der Waals surface area contributed by atoms with Crippen LogP contribution in [0.1, 0.15) is 11.1 Å². The number of methoxy groups -OCH3 is 1. The fourth-order valence-electron chi connectivity index (χ4n) is 1.56. The SMILES string of the molecule is COCCOCCNS(=O)(=O)c1ccc(C)c(CO)c1. The van der Waals surface area contributed by atoms with Crippen LogP contribution < -0.4 is 4.72 Å². The lowest BCUT2D eigenvalue weighted by Gasteiger charge is -2.09. The van der Waals surface area contributed by atoms with Gasteiger partial charge in [0.05, 0.1) is 31.3 Å². The van der Waals surface area contributed by atoms with Crippen molar-refractivity contribution in [1.82, 2.24) is 4.72 Å². The Kier molecular flexibility index (Phi) is 7.11. The molecular weight excluding hydrogens is 282 g/mol. The molecule has 0 atom stereocenters. The second-order valence-electron chi connectivity index (χ2n) is 4.25. The molecule has 0 saturated heterocycles. The highest BCUT2D eigenvalue weighted by atomic mass is 32.2. The molecular formula is C13H21NO5S. The third kappa shape index (κ3) is 5.18. The largest absolute Gasteiger partial charge is 0.392 e. The first kappa shape index (κ1) is 17.1. The molecule has 0 heterocycles. The van der Waals surface area contributed by atoms with Gasteiger partial charge in [-0.25, -0.2) is 13.1 Å². The number of sulfonamides is 1. The molecule has 0 aliphatic carbocycles. The monoisotopic (exact) mass is 303 g/mol. The lowest BCUT2D eigenvalue weighted by Crippen LogP contribution is -2.28. The zero-order chi connectivity index (χ0) is 15.0. The quantitative estimate of drug-likeness (QED) is 0.646. The molecule has 0 aliphatic rings. The highest BCUT2D eigenvalue weighted by Crippen LogP contribution is 2.15. The van der Waals surface area contributed by atoms with Gasteiger partial charge in [0.1, 0.15) is 0 Å². The van der Waals surface area contributed by atoms with Crippen LogP contribution in [0.4, 0.5) is 0 Å². The highest BCUT2D eigenvalue weighted by Gasteiger charge is 2.14. The van der Waals surface area contributed by atoms with Crippen molar-refractivity contribution < 1.29 is 23.0 Å². The molecule has 0 saturated carbocycles. The Hall–Kier alpha value is -0.990. The molecule has 1 aromatic rings. The minimum absolute atomic E-state index is 0.143. The van der Waals surface area contributed by atoms with Gasteiger partial charge in [0.2, 0.25) is 10.0 Å². The van der Waals surface area contributed by atoms with Gasteiger partial charge in [-0.15, -0.1) is 0 Å². The summed E-state index contributed by atoms with van der Waals surface area (Å²) in [4.78, 5) is 0.143. The topological polar surface area (TPSA) is 84.9 Å². The summed E-state index contributed by atoms with van der Waals surface area (Å²) in [6.45, 7) is 3.01. The smallest absolute Gasteiger partial charge is 0.240 e. The second-order valence-corrected chi connectivity index (χ2v) is 6.02. The van der Waals surface area contributed by atoms with Crippen LogP contribution in [0.5, 0.6) is 0 Å². The van der Waals surface area contributed by atoms with E-state index in [4.69, 9.17) is 14.6 Å². The highest BCUT2D eigenvalue weighted by molar-refractivity contribution is 7.89. The average Bonchev–Trinajstić information content (AvgIpc) is 2.43. The fraction of sp³-hybridized carbons (Fsp3) is 0.538. The molecule has 0 aliphatic heterocycles. The van der Waals surface area contributed by atoms with E-state index in [1.807, 2.05) is 6.92 Å². The normalized spacial score (nSPS) is 11.8. The van der Waals surface area contributed by atoms with Gasteiger partial charge in [-0.2, -0.15) is 0 Å². The molecule has 0 aromatic heterocycles. The maximum absolute atomic E-state index is 12.0. The summed E-state index contributed by atoms with van der Waals surface area (Å²) in [5.74, 6) is 0. The van der Waals surface area contributed by atoms with Crippen molar-refractivity contribution in [1.29, 1.82) is 0 Å². The van der Waals surface area contributed by atoms with Gasteiger partial charge >= 0.3 is 0 Å². The third-order valence-electron chi connectivity index (χ3n) is 2.77. The summed E-state index contributed by atoms with van der Waals surface area (Å²) in [5.41, 5.74) is 1.46. The number of aryl methyl sites for hydroxylation is 1. The number of aliphatic hydroxyl groups excluding tert-OH is 1. The molecule has 114 valence electrons. The van der Waals surface area contributed by atoms with E-state index in [0.29, 0.717) is 18.8 Å². The van der Waals surface area contributed by atoms with Crippen molar-refractivity contribution in [2.75, 3.05) is 33.5 Å². The number of benzene rings is 1. The maximum Gasteiger partial charge on any atom is 0.240 e. The molecule has 0 amide bonds. The lowest BCUT2D eigenvalue weighted by molar-refractivity contribution is 0.0736. The van der Waals surface area contributed by atoms with Crippen molar-refractivity contribution in [3.05, 3.63) is 29.3 Å². The van der Waals surface area contributed by atoms with Crippen molar-refractivity contribution in [2.45, 2.75) is 18.4 Å². The molecule has 0 spiro atoms. The standard InChI is InChI=1S/C13H21NO5S/c1-11-3-4-13(9-12(11)10-15)20(16,17)14-5-6-19-8-7-18-2/h3-4,9,14-15H,5-8,10H2,1-2H3. The van der Waals surface area contributed by atoms with E-state index in [-0.39, 0.29) is 24.7 Å². The summed E-state index contributed by atoms with van der Waals surface area (Å²) in [7, 11) is -2.00. The van der Waals surface area contributed by atoms with E-state index in [9.17, 15) is 8.42 Å². The average molecular weight is 303 g/mol. The second kappa shape index (κ2) is 8.33. The van der Waals surface area contributed by atoms with Crippen LogP contribution in [-0.2, 0) is 26.1 Å². The summed E-state index contributed by atoms with van der Waals surface area (Å²) in [6, 6.07) is 4.67. The Morgan fingerprint density at radius 1 is 1.25 bits per heavy atom. The fourth-order valence-corrected chi connectivity index (χ4v) is 2.62. The Labute approximate surface area is 119 Å². The Balaban J connectivity index is 2.56. The third-order valence-corrected chi connectivity index (χ3v) is 4.23. The van der Waals surface area contributed by atoms with Gasteiger partial charge in [-0.05, 0) is 30.2 Å². The lowest BCUT2D eigenvalue weighted by atomic mass is 10.1. The van der Waals surface area contributed by atoms with Crippen LogP contribution in [0.15, 0.2) is 23.1 Å². The molecule has 20 heavy (non-hydrogen) atoms. The van der Waals surface area contributed by atoms with Gasteiger partial charge in [0.15, 0.2) is 0 Å². The van der Waals surface area contributed by atoms with Crippen molar-refractivity contribution in [2.24, 2.45) is 0 Å². The van der Waals surface area contributed by atoms with Crippen LogP contribution >= 0.6 is 0 Å². The van der Waals surface area contributed by atoms with Crippen LogP contribution in [0.25, 0.3) is 0 Å². The molecule has 0 radical (unpaired) electrons. The molecule has 0 unspecified atom stereocenters.